The summed E-state index contributed by atoms with van der Waals surface area (Å²) in [4.78, 5) is 11.6. The zero-order valence-corrected chi connectivity index (χ0v) is 16.3. The molecule has 138 valence electrons. The maximum Gasteiger partial charge on any atom is 0.335 e. The Morgan fingerprint density at radius 1 is 1.07 bits per heavy atom. The fraction of sp³-hybridized carbons (Fsp3) is 0.292. The summed E-state index contributed by atoms with van der Waals surface area (Å²) in [5.41, 5.74) is 7.37. The minimum atomic E-state index is -0.862. The third-order valence-corrected chi connectivity index (χ3v) is 5.67. The van der Waals surface area contributed by atoms with E-state index in [0.717, 1.165) is 17.7 Å². The highest BCUT2D eigenvalue weighted by Gasteiger charge is 2.34. The molecule has 27 heavy (non-hydrogen) atoms. The molecule has 0 amide bonds. The van der Waals surface area contributed by atoms with E-state index in [1.165, 1.54) is 22.4 Å². The van der Waals surface area contributed by atoms with Crippen LogP contribution in [-0.4, -0.2) is 15.6 Å². The van der Waals surface area contributed by atoms with Crippen LogP contribution in [0.5, 0.6) is 0 Å². The van der Waals surface area contributed by atoms with E-state index < -0.39 is 5.97 Å². The Kier molecular flexibility index (Phi) is 3.99. The van der Waals surface area contributed by atoms with Crippen molar-refractivity contribution in [3.05, 3.63) is 71.4 Å². The Morgan fingerprint density at radius 3 is 2.41 bits per heavy atom. The Balaban J connectivity index is 1.95. The first kappa shape index (κ1) is 17.6. The van der Waals surface area contributed by atoms with Gasteiger partial charge in [0.15, 0.2) is 0 Å². The zero-order valence-electron chi connectivity index (χ0n) is 16.3. The predicted octanol–water partition coefficient (Wildman–Crippen LogP) is 5.97. The van der Waals surface area contributed by atoms with Crippen LogP contribution >= 0.6 is 0 Å². The number of nitrogens with zero attached hydrogens (tertiary/aromatic N) is 1. The summed E-state index contributed by atoms with van der Waals surface area (Å²) in [6, 6.07) is 16.3. The fourth-order valence-corrected chi connectivity index (χ4v) is 4.26. The van der Waals surface area contributed by atoms with Crippen molar-refractivity contribution < 1.29 is 9.90 Å². The molecule has 0 unspecified atom stereocenters. The van der Waals surface area contributed by atoms with Crippen LogP contribution in [0.1, 0.15) is 48.2 Å². The van der Waals surface area contributed by atoms with Gasteiger partial charge in [-0.2, -0.15) is 0 Å². The molecule has 0 bridgehead atoms. The third-order valence-electron chi connectivity index (χ3n) is 5.67. The van der Waals surface area contributed by atoms with E-state index in [9.17, 15) is 9.90 Å². The van der Waals surface area contributed by atoms with Crippen LogP contribution in [-0.2, 0) is 6.54 Å². The number of aromatic carboxylic acids is 1. The second-order valence-electron chi connectivity index (χ2n) is 8.61. The number of aryl methyl sites for hydroxylation is 1. The number of carbonyl (C=O) groups is 1. The summed E-state index contributed by atoms with van der Waals surface area (Å²) < 4.78 is 2.34. The minimum absolute atomic E-state index is 0.0349. The van der Waals surface area contributed by atoms with E-state index in [1.54, 1.807) is 6.07 Å². The summed E-state index contributed by atoms with van der Waals surface area (Å²) >= 11 is 0. The number of fused-ring (bicyclic) bond motifs is 3. The van der Waals surface area contributed by atoms with Crippen molar-refractivity contribution in [2.24, 2.45) is 5.41 Å². The molecule has 2 aromatic carbocycles. The molecule has 3 heteroatoms. The Morgan fingerprint density at radius 2 is 1.78 bits per heavy atom. The summed E-state index contributed by atoms with van der Waals surface area (Å²) in [5.74, 6) is -0.603. The van der Waals surface area contributed by atoms with Gasteiger partial charge in [0.05, 0.1) is 5.56 Å². The summed E-state index contributed by atoms with van der Waals surface area (Å²) in [7, 11) is 0. The lowest BCUT2D eigenvalue weighted by molar-refractivity contribution is 0.0696. The largest absolute Gasteiger partial charge is 0.478 e. The first-order valence-electron chi connectivity index (χ1n) is 9.39. The van der Waals surface area contributed by atoms with E-state index in [1.807, 2.05) is 19.1 Å². The molecule has 1 aromatic heterocycles. The molecule has 1 aliphatic rings. The van der Waals surface area contributed by atoms with Gasteiger partial charge < -0.3 is 9.67 Å². The molecule has 0 spiro atoms. The van der Waals surface area contributed by atoms with Crippen molar-refractivity contribution in [3.8, 4) is 22.4 Å². The van der Waals surface area contributed by atoms with Crippen LogP contribution in [0.2, 0.25) is 0 Å². The SMILES string of the molecule is Cc1cc(C(=O)O)cc2c1-c1cc(-c3ccccc3)cn1C[C@H]2C(C)(C)C. The van der Waals surface area contributed by atoms with Crippen LogP contribution < -0.4 is 0 Å². The molecule has 1 aliphatic heterocycles. The van der Waals surface area contributed by atoms with Gasteiger partial charge in [-0.25, -0.2) is 4.79 Å². The lowest BCUT2D eigenvalue weighted by atomic mass is 9.72. The number of aromatic nitrogens is 1. The molecule has 4 rings (SSSR count). The van der Waals surface area contributed by atoms with Crippen molar-refractivity contribution in [1.82, 2.24) is 4.57 Å². The van der Waals surface area contributed by atoms with Crippen molar-refractivity contribution in [2.75, 3.05) is 0 Å². The molecule has 1 N–H and O–H groups in total. The van der Waals surface area contributed by atoms with E-state index in [-0.39, 0.29) is 11.3 Å². The van der Waals surface area contributed by atoms with Crippen molar-refractivity contribution in [1.29, 1.82) is 0 Å². The number of benzene rings is 2. The molecule has 0 saturated heterocycles. The normalized spacial score (nSPS) is 15.9. The van der Waals surface area contributed by atoms with Crippen LogP contribution in [0.4, 0.5) is 0 Å². The van der Waals surface area contributed by atoms with Crippen LogP contribution in [0.15, 0.2) is 54.7 Å². The topological polar surface area (TPSA) is 42.2 Å². The van der Waals surface area contributed by atoms with E-state index in [0.29, 0.717) is 5.56 Å². The van der Waals surface area contributed by atoms with E-state index >= 15 is 0 Å². The lowest BCUT2D eigenvalue weighted by Gasteiger charge is -2.37. The van der Waals surface area contributed by atoms with Gasteiger partial charge in [-0.1, -0.05) is 51.1 Å². The van der Waals surface area contributed by atoms with Crippen molar-refractivity contribution >= 4 is 5.97 Å². The molecule has 0 saturated carbocycles. The molecule has 0 radical (unpaired) electrons. The van der Waals surface area contributed by atoms with Crippen LogP contribution in [0.25, 0.3) is 22.4 Å². The van der Waals surface area contributed by atoms with Gasteiger partial charge in [0.2, 0.25) is 0 Å². The highest BCUT2D eigenvalue weighted by molar-refractivity contribution is 5.90. The van der Waals surface area contributed by atoms with Gasteiger partial charge in [0.25, 0.3) is 0 Å². The summed E-state index contributed by atoms with van der Waals surface area (Å²) in [5, 5.41) is 9.54. The number of carboxylic acids is 1. The second-order valence-corrected chi connectivity index (χ2v) is 8.61. The highest BCUT2D eigenvalue weighted by Crippen LogP contribution is 2.47. The second kappa shape index (κ2) is 6.12. The lowest BCUT2D eigenvalue weighted by Crippen LogP contribution is -2.28. The van der Waals surface area contributed by atoms with Gasteiger partial charge in [-0.15, -0.1) is 0 Å². The van der Waals surface area contributed by atoms with E-state index in [4.69, 9.17) is 0 Å². The first-order chi connectivity index (χ1) is 12.8. The van der Waals surface area contributed by atoms with Crippen molar-refractivity contribution in [3.63, 3.8) is 0 Å². The Hall–Kier alpha value is -2.81. The molecule has 3 nitrogen and oxygen atoms in total. The Bertz CT molecular complexity index is 1020. The molecule has 2 heterocycles. The molecule has 1 atom stereocenters. The maximum atomic E-state index is 11.6. The minimum Gasteiger partial charge on any atom is -0.478 e. The highest BCUT2D eigenvalue weighted by atomic mass is 16.4. The zero-order chi connectivity index (χ0) is 19.3. The fourth-order valence-electron chi connectivity index (χ4n) is 4.26. The van der Waals surface area contributed by atoms with Gasteiger partial charge >= 0.3 is 5.97 Å². The number of carboxylic acid groups (broad SMARTS) is 1. The average Bonchev–Trinajstić information content (AvgIpc) is 3.04. The summed E-state index contributed by atoms with van der Waals surface area (Å²) in [6.45, 7) is 9.58. The van der Waals surface area contributed by atoms with Gasteiger partial charge in [-0.3, -0.25) is 0 Å². The maximum absolute atomic E-state index is 11.6. The van der Waals surface area contributed by atoms with Crippen molar-refractivity contribution in [2.45, 2.75) is 40.2 Å². The van der Waals surface area contributed by atoms with Gasteiger partial charge in [0.1, 0.15) is 0 Å². The molecule has 0 fully saturated rings. The number of hydrogen-bond acceptors (Lipinski definition) is 1. The first-order valence-corrected chi connectivity index (χ1v) is 9.39. The quantitative estimate of drug-likeness (QED) is 0.612. The molecule has 3 aromatic rings. The smallest absolute Gasteiger partial charge is 0.335 e. The van der Waals surface area contributed by atoms with Crippen LogP contribution in [0.3, 0.4) is 0 Å². The summed E-state index contributed by atoms with van der Waals surface area (Å²) in [6.07, 6.45) is 2.23. The number of rotatable bonds is 2. The Labute approximate surface area is 160 Å². The predicted molar refractivity (Wildman–Crippen MR) is 109 cm³/mol. The molecule has 0 aliphatic carbocycles. The standard InChI is InChI=1S/C24H25NO2/c1-15-10-17(23(26)27)11-19-20(24(2,3)4)14-25-13-18(12-21(25)22(15)19)16-8-6-5-7-9-16/h5-13,20H,14H2,1-4H3,(H,26,27)/t20-/m1/s1. The molecular weight excluding hydrogens is 334 g/mol. The average molecular weight is 359 g/mol. The molecular formula is C24H25NO2. The van der Waals surface area contributed by atoms with Gasteiger partial charge in [-0.05, 0) is 52.8 Å². The monoisotopic (exact) mass is 359 g/mol. The van der Waals surface area contributed by atoms with Gasteiger partial charge in [0, 0.05) is 29.9 Å². The van der Waals surface area contributed by atoms with Crippen LogP contribution in [0, 0.1) is 12.3 Å². The number of hydrogen-bond donors (Lipinski definition) is 1. The third kappa shape index (κ3) is 2.97. The van der Waals surface area contributed by atoms with E-state index in [2.05, 4.69) is 61.9 Å².